The molecule has 2 N–H and O–H groups in total. The fourth-order valence-electron chi connectivity index (χ4n) is 4.35. The lowest BCUT2D eigenvalue weighted by atomic mass is 10.0. The number of benzene rings is 1. The lowest BCUT2D eigenvalue weighted by molar-refractivity contribution is 0.0661. The average Bonchev–Trinajstić information content (AvgIpc) is 3.19. The number of hydrogen-bond donors (Lipinski definition) is 2. The van der Waals surface area contributed by atoms with Crippen LogP contribution in [0.5, 0.6) is 0 Å². The zero-order valence-corrected chi connectivity index (χ0v) is 18.0. The Morgan fingerprint density at radius 2 is 1.97 bits per heavy atom. The smallest absolute Gasteiger partial charge is 0.319 e. The zero-order chi connectivity index (χ0) is 22.5. The summed E-state index contributed by atoms with van der Waals surface area (Å²) in [6.45, 7) is 8.38. The van der Waals surface area contributed by atoms with Crippen LogP contribution in [0.3, 0.4) is 0 Å². The Morgan fingerprint density at radius 3 is 2.62 bits per heavy atom. The number of piperazine rings is 1. The number of anilines is 1. The van der Waals surface area contributed by atoms with Gasteiger partial charge in [-0.2, -0.15) is 5.10 Å². The second-order valence-electron chi connectivity index (χ2n) is 8.74. The molecule has 8 nitrogen and oxygen atoms in total. The van der Waals surface area contributed by atoms with E-state index in [-0.39, 0.29) is 37.4 Å². The molecule has 3 heterocycles. The van der Waals surface area contributed by atoms with Crippen molar-refractivity contribution in [3.05, 3.63) is 46.7 Å². The summed E-state index contributed by atoms with van der Waals surface area (Å²) in [7, 11) is 2.04. The van der Waals surface area contributed by atoms with Crippen molar-refractivity contribution >= 4 is 17.8 Å². The molecule has 174 valence electrons. The molecule has 0 spiro atoms. The van der Waals surface area contributed by atoms with Gasteiger partial charge in [-0.3, -0.25) is 9.89 Å². The van der Waals surface area contributed by atoms with Crippen molar-refractivity contribution in [2.75, 3.05) is 32.0 Å². The first-order valence-electron chi connectivity index (χ1n) is 10.2. The van der Waals surface area contributed by atoms with Gasteiger partial charge in [-0.1, -0.05) is 7.43 Å². The number of fused-ring (bicyclic) bond motifs is 1. The number of urea groups is 1. The van der Waals surface area contributed by atoms with E-state index in [0.717, 1.165) is 30.9 Å². The molecule has 0 radical (unpaired) electrons. The highest BCUT2D eigenvalue weighted by molar-refractivity contribution is 6.04. The van der Waals surface area contributed by atoms with Crippen molar-refractivity contribution in [2.45, 2.75) is 46.3 Å². The van der Waals surface area contributed by atoms with Crippen LogP contribution in [0.25, 0.3) is 0 Å². The molecule has 10 heteroatoms. The number of nitrogens with one attached hydrogen (secondary N) is 2. The van der Waals surface area contributed by atoms with Gasteiger partial charge in [-0.15, -0.1) is 0 Å². The molecule has 4 rings (SSSR count). The van der Waals surface area contributed by atoms with Gasteiger partial charge >= 0.3 is 6.03 Å². The van der Waals surface area contributed by atoms with E-state index >= 15 is 0 Å². The van der Waals surface area contributed by atoms with Gasteiger partial charge < -0.3 is 20.0 Å². The normalized spacial score (nSPS) is 20.0. The Morgan fingerprint density at radius 1 is 1.25 bits per heavy atom. The van der Waals surface area contributed by atoms with Gasteiger partial charge in [0.1, 0.15) is 11.6 Å². The number of rotatable bonds is 2. The number of carbonyl (C=O) groups excluding carboxylic acids is 2. The molecular formula is C22H30F2N6O2. The van der Waals surface area contributed by atoms with Crippen molar-refractivity contribution in [3.8, 4) is 0 Å². The maximum Gasteiger partial charge on any atom is 0.321 e. The van der Waals surface area contributed by atoms with Crippen LogP contribution < -0.4 is 5.32 Å². The number of aromatic nitrogens is 2. The molecule has 3 amide bonds. The van der Waals surface area contributed by atoms with E-state index in [9.17, 15) is 18.4 Å². The van der Waals surface area contributed by atoms with Gasteiger partial charge in [-0.05, 0) is 40.0 Å². The Labute approximate surface area is 186 Å². The van der Waals surface area contributed by atoms with E-state index in [4.69, 9.17) is 0 Å². The Balaban J connectivity index is 0.00000289. The first kappa shape index (κ1) is 23.6. The third-order valence-corrected chi connectivity index (χ3v) is 6.18. The minimum Gasteiger partial charge on any atom is -0.319 e. The van der Waals surface area contributed by atoms with E-state index < -0.39 is 23.1 Å². The van der Waals surface area contributed by atoms with Gasteiger partial charge in [0, 0.05) is 37.3 Å². The number of H-pyrrole nitrogens is 1. The van der Waals surface area contributed by atoms with Crippen molar-refractivity contribution < 1.29 is 18.4 Å². The standard InChI is InChI=1S/C21H26F2N6O2.CH4/c1-12-10-27(4)7-8-28(12)20(31)29-11-15-17(21(29,2)3)25-26-18(15)24-19(30)14-6-5-13(22)9-16(14)23;/h5-6,9,12H,7-8,10-11H2,1-4H3,(H2,24,25,26,30);1H4/t12-;/m0./s1. The summed E-state index contributed by atoms with van der Waals surface area (Å²) in [5, 5.41) is 9.68. The monoisotopic (exact) mass is 448 g/mol. The van der Waals surface area contributed by atoms with E-state index in [1.807, 2.05) is 32.7 Å². The van der Waals surface area contributed by atoms with Gasteiger partial charge in [0.2, 0.25) is 0 Å². The summed E-state index contributed by atoms with van der Waals surface area (Å²) in [6.07, 6.45) is 0. The highest BCUT2D eigenvalue weighted by Gasteiger charge is 2.46. The number of carbonyl (C=O) groups is 2. The van der Waals surface area contributed by atoms with Gasteiger partial charge in [-0.25, -0.2) is 13.6 Å². The second kappa shape index (κ2) is 8.50. The lowest BCUT2D eigenvalue weighted by Crippen LogP contribution is -2.58. The average molecular weight is 449 g/mol. The lowest BCUT2D eigenvalue weighted by Gasteiger charge is -2.43. The number of halogens is 2. The van der Waals surface area contributed by atoms with Crippen LogP contribution >= 0.6 is 0 Å². The van der Waals surface area contributed by atoms with Gasteiger partial charge in [0.05, 0.1) is 23.3 Å². The van der Waals surface area contributed by atoms with Gasteiger partial charge in [0.25, 0.3) is 5.91 Å². The van der Waals surface area contributed by atoms with Crippen LogP contribution in [0.15, 0.2) is 18.2 Å². The summed E-state index contributed by atoms with van der Waals surface area (Å²) < 4.78 is 27.1. The molecule has 0 aliphatic carbocycles. The second-order valence-corrected chi connectivity index (χ2v) is 8.74. The van der Waals surface area contributed by atoms with Crippen molar-refractivity contribution in [3.63, 3.8) is 0 Å². The largest absolute Gasteiger partial charge is 0.321 e. The Bertz CT molecular complexity index is 1040. The van der Waals surface area contributed by atoms with Crippen LogP contribution in [0.4, 0.5) is 19.4 Å². The fraction of sp³-hybridized carbons (Fsp3) is 0.500. The van der Waals surface area contributed by atoms with Crippen molar-refractivity contribution in [2.24, 2.45) is 0 Å². The molecule has 1 atom stereocenters. The molecule has 0 unspecified atom stereocenters. The molecule has 1 aromatic carbocycles. The van der Waals surface area contributed by atoms with E-state index in [2.05, 4.69) is 20.4 Å². The predicted octanol–water partition coefficient (Wildman–Crippen LogP) is 3.38. The molecule has 0 bridgehead atoms. The van der Waals surface area contributed by atoms with Gasteiger partial charge in [0.15, 0.2) is 5.82 Å². The number of hydrogen-bond acceptors (Lipinski definition) is 4. The first-order valence-corrected chi connectivity index (χ1v) is 10.2. The van der Waals surface area contributed by atoms with Crippen molar-refractivity contribution in [1.29, 1.82) is 0 Å². The van der Waals surface area contributed by atoms with Crippen molar-refractivity contribution in [1.82, 2.24) is 24.9 Å². The minimum atomic E-state index is -0.953. The number of likely N-dealkylation sites (N-methyl/N-ethyl adjacent to an activating group) is 1. The number of amides is 3. The number of aromatic amines is 1. The molecule has 1 aromatic heterocycles. The molecular weight excluding hydrogens is 418 g/mol. The molecule has 32 heavy (non-hydrogen) atoms. The summed E-state index contributed by atoms with van der Waals surface area (Å²) in [5.41, 5.74) is 0.454. The Hall–Kier alpha value is -3.01. The molecule has 1 saturated heterocycles. The SMILES string of the molecule is C.C[C@H]1CN(C)CCN1C(=O)N1Cc2c(NC(=O)c3ccc(F)cc3F)n[nH]c2C1(C)C. The summed E-state index contributed by atoms with van der Waals surface area (Å²) in [4.78, 5) is 31.7. The first-order chi connectivity index (χ1) is 14.6. The summed E-state index contributed by atoms with van der Waals surface area (Å²) in [6, 6.07) is 2.77. The Kier molecular flexibility index (Phi) is 6.28. The maximum absolute atomic E-state index is 14.0. The van der Waals surface area contributed by atoms with Crippen LogP contribution in [-0.4, -0.2) is 69.6 Å². The molecule has 0 saturated carbocycles. The van der Waals surface area contributed by atoms with E-state index in [1.165, 1.54) is 0 Å². The highest BCUT2D eigenvalue weighted by Crippen LogP contribution is 2.41. The van der Waals surface area contributed by atoms with Crippen LogP contribution in [-0.2, 0) is 12.1 Å². The molecule has 1 fully saturated rings. The topological polar surface area (TPSA) is 84.6 Å². The van der Waals surface area contributed by atoms with E-state index in [1.54, 1.807) is 4.90 Å². The van der Waals surface area contributed by atoms with Crippen LogP contribution in [0.2, 0.25) is 0 Å². The molecule has 2 aromatic rings. The van der Waals surface area contributed by atoms with E-state index in [0.29, 0.717) is 18.2 Å². The highest BCUT2D eigenvalue weighted by atomic mass is 19.1. The molecule has 2 aliphatic heterocycles. The third-order valence-electron chi connectivity index (χ3n) is 6.18. The third kappa shape index (κ3) is 3.94. The van der Waals surface area contributed by atoms with Crippen LogP contribution in [0.1, 0.15) is 49.8 Å². The fourth-order valence-corrected chi connectivity index (χ4v) is 4.35. The summed E-state index contributed by atoms with van der Waals surface area (Å²) >= 11 is 0. The predicted molar refractivity (Wildman–Crippen MR) is 117 cm³/mol. The summed E-state index contributed by atoms with van der Waals surface area (Å²) in [5.74, 6) is -2.21. The minimum absolute atomic E-state index is 0. The van der Waals surface area contributed by atoms with Crippen LogP contribution in [0, 0.1) is 11.6 Å². The zero-order valence-electron chi connectivity index (χ0n) is 18.0. The molecule has 2 aliphatic rings. The maximum atomic E-state index is 14.0. The quantitative estimate of drug-likeness (QED) is 0.738. The number of nitrogens with zero attached hydrogens (tertiary/aromatic N) is 4.